The smallest absolute Gasteiger partial charge is 0.237 e. The molecule has 1 aromatic carbocycles. The van der Waals surface area contributed by atoms with Crippen LogP contribution in [0.15, 0.2) is 30.5 Å². The van der Waals surface area contributed by atoms with Crippen molar-refractivity contribution in [3.63, 3.8) is 0 Å². The summed E-state index contributed by atoms with van der Waals surface area (Å²) >= 11 is 0. The lowest BCUT2D eigenvalue weighted by Gasteiger charge is -2.16. The SMILES string of the molecule is Cc1ccnc(Oc2ccc3c(c2)CCCC3)c1C#N. The molecule has 0 saturated carbocycles. The number of hydrogen-bond acceptors (Lipinski definition) is 3. The van der Waals surface area contributed by atoms with Gasteiger partial charge in [-0.15, -0.1) is 0 Å². The van der Waals surface area contributed by atoms with E-state index < -0.39 is 0 Å². The van der Waals surface area contributed by atoms with E-state index in [1.807, 2.05) is 19.1 Å². The first-order valence-electron chi connectivity index (χ1n) is 6.93. The number of aryl methyl sites for hydroxylation is 3. The van der Waals surface area contributed by atoms with E-state index in [0.29, 0.717) is 11.4 Å². The number of pyridine rings is 1. The van der Waals surface area contributed by atoms with E-state index in [4.69, 9.17) is 4.74 Å². The summed E-state index contributed by atoms with van der Waals surface area (Å²) in [5.74, 6) is 1.16. The second-order valence-corrected chi connectivity index (χ2v) is 5.16. The van der Waals surface area contributed by atoms with Crippen LogP contribution in [0.2, 0.25) is 0 Å². The quantitative estimate of drug-likeness (QED) is 0.825. The molecular formula is C17H16N2O. The van der Waals surface area contributed by atoms with Gasteiger partial charge in [-0.1, -0.05) is 6.07 Å². The Morgan fingerprint density at radius 3 is 2.75 bits per heavy atom. The van der Waals surface area contributed by atoms with Gasteiger partial charge in [0.15, 0.2) is 0 Å². The lowest BCUT2D eigenvalue weighted by atomic mass is 9.92. The average Bonchev–Trinajstić information content (AvgIpc) is 2.47. The Bertz CT molecular complexity index is 686. The minimum Gasteiger partial charge on any atom is -0.438 e. The van der Waals surface area contributed by atoms with Crippen LogP contribution < -0.4 is 4.74 Å². The maximum atomic E-state index is 9.20. The summed E-state index contributed by atoms with van der Waals surface area (Å²) in [7, 11) is 0. The van der Waals surface area contributed by atoms with Gasteiger partial charge in [0.05, 0.1) is 0 Å². The molecule has 0 aliphatic heterocycles. The van der Waals surface area contributed by atoms with Crippen molar-refractivity contribution in [1.29, 1.82) is 5.26 Å². The molecule has 3 nitrogen and oxygen atoms in total. The van der Waals surface area contributed by atoms with Gasteiger partial charge < -0.3 is 4.74 Å². The number of nitriles is 1. The first-order chi connectivity index (χ1) is 9.78. The Morgan fingerprint density at radius 2 is 1.95 bits per heavy atom. The topological polar surface area (TPSA) is 45.9 Å². The number of benzene rings is 1. The fourth-order valence-corrected chi connectivity index (χ4v) is 2.63. The Labute approximate surface area is 118 Å². The highest BCUT2D eigenvalue weighted by Gasteiger charge is 2.12. The van der Waals surface area contributed by atoms with Crippen LogP contribution in [-0.4, -0.2) is 4.98 Å². The van der Waals surface area contributed by atoms with Crippen LogP contribution in [0, 0.1) is 18.3 Å². The van der Waals surface area contributed by atoms with Gasteiger partial charge in [0.1, 0.15) is 17.4 Å². The molecule has 0 atom stereocenters. The van der Waals surface area contributed by atoms with E-state index in [9.17, 15) is 5.26 Å². The molecule has 1 aliphatic rings. The number of fused-ring (bicyclic) bond motifs is 1. The van der Waals surface area contributed by atoms with Crippen molar-refractivity contribution in [3.05, 3.63) is 52.7 Å². The van der Waals surface area contributed by atoms with E-state index >= 15 is 0 Å². The third kappa shape index (κ3) is 2.37. The van der Waals surface area contributed by atoms with Crippen LogP contribution >= 0.6 is 0 Å². The fraction of sp³-hybridized carbons (Fsp3) is 0.294. The third-order valence-electron chi connectivity index (χ3n) is 3.77. The van der Waals surface area contributed by atoms with Gasteiger partial charge in [0.2, 0.25) is 5.88 Å². The molecule has 0 unspecified atom stereocenters. The summed E-state index contributed by atoms with van der Waals surface area (Å²) in [6.45, 7) is 1.89. The maximum absolute atomic E-state index is 9.20. The predicted octanol–water partition coefficient (Wildman–Crippen LogP) is 3.93. The van der Waals surface area contributed by atoms with E-state index in [0.717, 1.165) is 24.2 Å². The molecule has 100 valence electrons. The molecule has 0 spiro atoms. The lowest BCUT2D eigenvalue weighted by Crippen LogP contribution is -2.02. The van der Waals surface area contributed by atoms with E-state index in [1.54, 1.807) is 6.20 Å². The molecule has 3 heteroatoms. The number of nitrogens with zero attached hydrogens (tertiary/aromatic N) is 2. The van der Waals surface area contributed by atoms with Crippen molar-refractivity contribution in [2.45, 2.75) is 32.6 Å². The predicted molar refractivity (Wildman–Crippen MR) is 76.8 cm³/mol. The van der Waals surface area contributed by atoms with Crippen molar-refractivity contribution in [2.75, 3.05) is 0 Å². The maximum Gasteiger partial charge on any atom is 0.237 e. The highest BCUT2D eigenvalue weighted by atomic mass is 16.5. The summed E-state index contributed by atoms with van der Waals surface area (Å²) in [6.07, 6.45) is 6.44. The Morgan fingerprint density at radius 1 is 1.15 bits per heavy atom. The van der Waals surface area contributed by atoms with Crippen LogP contribution in [0.4, 0.5) is 0 Å². The molecule has 20 heavy (non-hydrogen) atoms. The Kier molecular flexibility index (Phi) is 3.39. The highest BCUT2D eigenvalue weighted by Crippen LogP contribution is 2.29. The highest BCUT2D eigenvalue weighted by molar-refractivity contribution is 5.46. The molecule has 2 aromatic rings. The Balaban J connectivity index is 1.92. The zero-order valence-electron chi connectivity index (χ0n) is 11.5. The summed E-state index contributed by atoms with van der Waals surface area (Å²) in [5.41, 5.74) is 4.17. The summed E-state index contributed by atoms with van der Waals surface area (Å²) < 4.78 is 5.81. The molecule has 3 rings (SSSR count). The molecule has 1 aliphatic carbocycles. The monoisotopic (exact) mass is 264 g/mol. The first kappa shape index (κ1) is 12.7. The van der Waals surface area contributed by atoms with E-state index in [1.165, 1.54) is 24.0 Å². The van der Waals surface area contributed by atoms with Crippen LogP contribution in [0.25, 0.3) is 0 Å². The molecule has 0 saturated heterocycles. The van der Waals surface area contributed by atoms with Crippen molar-refractivity contribution < 1.29 is 4.74 Å². The van der Waals surface area contributed by atoms with Gasteiger partial charge >= 0.3 is 0 Å². The minimum atomic E-state index is 0.392. The molecule has 0 bridgehead atoms. The number of ether oxygens (including phenoxy) is 1. The summed E-state index contributed by atoms with van der Waals surface area (Å²) in [4.78, 5) is 4.17. The van der Waals surface area contributed by atoms with Gasteiger partial charge in [-0.3, -0.25) is 0 Å². The van der Waals surface area contributed by atoms with E-state index in [2.05, 4.69) is 23.2 Å². The van der Waals surface area contributed by atoms with Crippen molar-refractivity contribution >= 4 is 0 Å². The van der Waals surface area contributed by atoms with Gasteiger partial charge in [-0.05, 0) is 67.5 Å². The van der Waals surface area contributed by atoms with Crippen molar-refractivity contribution in [1.82, 2.24) is 4.98 Å². The first-order valence-corrected chi connectivity index (χ1v) is 6.93. The second kappa shape index (κ2) is 5.34. The van der Waals surface area contributed by atoms with Gasteiger partial charge in [0.25, 0.3) is 0 Å². The molecule has 0 radical (unpaired) electrons. The van der Waals surface area contributed by atoms with Crippen LogP contribution in [0.5, 0.6) is 11.6 Å². The number of hydrogen-bond donors (Lipinski definition) is 0. The fourth-order valence-electron chi connectivity index (χ4n) is 2.63. The Hall–Kier alpha value is -2.34. The average molecular weight is 264 g/mol. The van der Waals surface area contributed by atoms with E-state index in [-0.39, 0.29) is 0 Å². The zero-order chi connectivity index (χ0) is 13.9. The molecule has 0 N–H and O–H groups in total. The lowest BCUT2D eigenvalue weighted by molar-refractivity contribution is 0.459. The number of aromatic nitrogens is 1. The van der Waals surface area contributed by atoms with Crippen molar-refractivity contribution in [3.8, 4) is 17.7 Å². The molecular weight excluding hydrogens is 248 g/mol. The molecule has 1 heterocycles. The summed E-state index contributed by atoms with van der Waals surface area (Å²) in [6, 6.07) is 10.2. The second-order valence-electron chi connectivity index (χ2n) is 5.16. The van der Waals surface area contributed by atoms with Gasteiger partial charge in [-0.2, -0.15) is 5.26 Å². The largest absolute Gasteiger partial charge is 0.438 e. The summed E-state index contributed by atoms with van der Waals surface area (Å²) in [5, 5.41) is 9.20. The van der Waals surface area contributed by atoms with Crippen LogP contribution in [0.3, 0.4) is 0 Å². The molecule has 0 fully saturated rings. The number of rotatable bonds is 2. The van der Waals surface area contributed by atoms with Crippen molar-refractivity contribution in [2.24, 2.45) is 0 Å². The zero-order valence-corrected chi connectivity index (χ0v) is 11.5. The standard InChI is InChI=1S/C17H16N2O/c1-12-8-9-19-17(16(12)11-18)20-15-7-6-13-4-2-3-5-14(13)10-15/h6-10H,2-5H2,1H3. The van der Waals surface area contributed by atoms with Crippen LogP contribution in [0.1, 0.15) is 35.1 Å². The normalized spacial score (nSPS) is 13.4. The minimum absolute atomic E-state index is 0.392. The van der Waals surface area contributed by atoms with Gasteiger partial charge in [-0.25, -0.2) is 4.98 Å². The van der Waals surface area contributed by atoms with Gasteiger partial charge in [0, 0.05) is 6.20 Å². The van der Waals surface area contributed by atoms with Crippen LogP contribution in [-0.2, 0) is 12.8 Å². The molecule has 0 amide bonds. The third-order valence-corrected chi connectivity index (χ3v) is 3.77. The molecule has 1 aromatic heterocycles.